The first kappa shape index (κ1) is 13.0. The summed E-state index contributed by atoms with van der Waals surface area (Å²) in [5, 5.41) is 3.61. The van der Waals surface area contributed by atoms with Crippen LogP contribution < -0.4 is 14.8 Å². The van der Waals surface area contributed by atoms with Gasteiger partial charge in [-0.2, -0.15) is 0 Å². The number of nitrogens with one attached hydrogen (secondary N) is 1. The Hall–Kier alpha value is -0.740. The van der Waals surface area contributed by atoms with Gasteiger partial charge < -0.3 is 14.8 Å². The molecule has 1 atom stereocenters. The zero-order chi connectivity index (χ0) is 13.8. The molecule has 1 N–H and O–H groups in total. The Balaban J connectivity index is 1.71. The Morgan fingerprint density at radius 2 is 1.80 bits per heavy atom. The van der Waals surface area contributed by atoms with E-state index in [2.05, 4.69) is 40.3 Å². The van der Waals surface area contributed by atoms with E-state index < -0.39 is 0 Å². The lowest BCUT2D eigenvalue weighted by molar-refractivity contribution is 0.197. The van der Waals surface area contributed by atoms with Crippen molar-refractivity contribution in [3.05, 3.63) is 22.2 Å². The standard InChI is InChI=1S/C16H20BrNO2/c1-15(3-2-6-18-15)11-7-13-14(8-12(11)17)20-10-16(4-5-16)9-19-13/h7-8,18H,2-6,9-10H2,1H3. The highest BCUT2D eigenvalue weighted by Crippen LogP contribution is 2.50. The van der Waals surface area contributed by atoms with Crippen LogP contribution in [0.2, 0.25) is 0 Å². The van der Waals surface area contributed by atoms with Crippen molar-refractivity contribution >= 4 is 15.9 Å². The molecule has 4 rings (SSSR count). The fraction of sp³-hybridized carbons (Fsp3) is 0.625. The minimum absolute atomic E-state index is 0.0425. The van der Waals surface area contributed by atoms with E-state index in [1.54, 1.807) is 0 Å². The topological polar surface area (TPSA) is 30.5 Å². The monoisotopic (exact) mass is 337 g/mol. The molecule has 0 radical (unpaired) electrons. The molecular weight excluding hydrogens is 318 g/mol. The molecule has 1 aliphatic carbocycles. The van der Waals surface area contributed by atoms with Crippen LogP contribution in [-0.2, 0) is 5.54 Å². The summed E-state index contributed by atoms with van der Waals surface area (Å²) in [6.45, 7) is 4.94. The number of ether oxygens (including phenoxy) is 2. The van der Waals surface area contributed by atoms with Crippen LogP contribution in [0.4, 0.5) is 0 Å². The summed E-state index contributed by atoms with van der Waals surface area (Å²) in [6.07, 6.45) is 4.85. The minimum Gasteiger partial charge on any atom is -0.489 e. The van der Waals surface area contributed by atoms with Crippen LogP contribution in [0.3, 0.4) is 0 Å². The van der Waals surface area contributed by atoms with E-state index in [0.717, 1.165) is 42.2 Å². The maximum Gasteiger partial charge on any atom is 0.162 e. The van der Waals surface area contributed by atoms with Crippen molar-refractivity contribution in [2.24, 2.45) is 5.41 Å². The van der Waals surface area contributed by atoms with Gasteiger partial charge in [-0.25, -0.2) is 0 Å². The summed E-state index contributed by atoms with van der Waals surface area (Å²) < 4.78 is 13.1. The molecule has 1 aromatic rings. The predicted molar refractivity (Wildman–Crippen MR) is 81.4 cm³/mol. The van der Waals surface area contributed by atoms with Gasteiger partial charge >= 0.3 is 0 Å². The summed E-state index contributed by atoms with van der Waals surface area (Å²) in [6, 6.07) is 4.25. The van der Waals surface area contributed by atoms with Gasteiger partial charge in [-0.1, -0.05) is 15.9 Å². The van der Waals surface area contributed by atoms with Crippen LogP contribution >= 0.6 is 15.9 Å². The molecule has 3 aliphatic rings. The van der Waals surface area contributed by atoms with E-state index >= 15 is 0 Å². The van der Waals surface area contributed by atoms with Crippen molar-refractivity contribution in [3.63, 3.8) is 0 Å². The normalized spacial score (nSPS) is 30.3. The molecule has 1 saturated heterocycles. The predicted octanol–water partition coefficient (Wildman–Crippen LogP) is 3.60. The van der Waals surface area contributed by atoms with Crippen molar-refractivity contribution in [1.82, 2.24) is 5.32 Å². The van der Waals surface area contributed by atoms with E-state index in [4.69, 9.17) is 9.47 Å². The molecule has 20 heavy (non-hydrogen) atoms. The summed E-state index contributed by atoms with van der Waals surface area (Å²) in [7, 11) is 0. The van der Waals surface area contributed by atoms with Gasteiger partial charge in [0.25, 0.3) is 0 Å². The zero-order valence-corrected chi connectivity index (χ0v) is 13.4. The summed E-state index contributed by atoms with van der Waals surface area (Å²) >= 11 is 3.71. The Morgan fingerprint density at radius 1 is 1.10 bits per heavy atom. The quantitative estimate of drug-likeness (QED) is 0.849. The van der Waals surface area contributed by atoms with Crippen LogP contribution in [0, 0.1) is 5.41 Å². The second-order valence-corrected chi connectivity index (χ2v) is 7.57. The number of benzene rings is 1. The van der Waals surface area contributed by atoms with Gasteiger partial charge in [-0.15, -0.1) is 0 Å². The lowest BCUT2D eigenvalue weighted by Gasteiger charge is -2.27. The van der Waals surface area contributed by atoms with Gasteiger partial charge in [0.1, 0.15) is 0 Å². The van der Waals surface area contributed by atoms with Crippen LogP contribution in [-0.4, -0.2) is 19.8 Å². The average Bonchev–Trinajstić information content (AvgIpc) is 3.12. The third-order valence-electron chi connectivity index (χ3n) is 5.02. The summed E-state index contributed by atoms with van der Waals surface area (Å²) in [5.41, 5.74) is 1.62. The molecule has 1 unspecified atom stereocenters. The molecule has 0 aromatic heterocycles. The third kappa shape index (κ3) is 2.04. The molecule has 4 heteroatoms. The Bertz CT molecular complexity index is 548. The lowest BCUT2D eigenvalue weighted by Crippen LogP contribution is -2.33. The lowest BCUT2D eigenvalue weighted by atomic mass is 9.90. The number of fused-ring (bicyclic) bond motifs is 1. The van der Waals surface area contributed by atoms with Gasteiger partial charge in [0.05, 0.1) is 13.2 Å². The molecular formula is C16H20BrNO2. The molecule has 1 saturated carbocycles. The molecule has 2 fully saturated rings. The highest BCUT2D eigenvalue weighted by molar-refractivity contribution is 9.10. The van der Waals surface area contributed by atoms with E-state index in [0.29, 0.717) is 5.41 Å². The van der Waals surface area contributed by atoms with Crippen LogP contribution in [0.25, 0.3) is 0 Å². The first-order valence-corrected chi connectivity index (χ1v) is 8.24. The largest absolute Gasteiger partial charge is 0.489 e. The Kier molecular flexibility index (Phi) is 2.84. The number of rotatable bonds is 1. The Morgan fingerprint density at radius 3 is 2.40 bits per heavy atom. The second kappa shape index (κ2) is 4.38. The Labute approximate surface area is 128 Å². The molecule has 3 nitrogen and oxygen atoms in total. The average molecular weight is 338 g/mol. The van der Waals surface area contributed by atoms with E-state index in [-0.39, 0.29) is 5.54 Å². The van der Waals surface area contributed by atoms with Crippen molar-refractivity contribution in [1.29, 1.82) is 0 Å². The first-order valence-electron chi connectivity index (χ1n) is 7.45. The van der Waals surface area contributed by atoms with Gasteiger partial charge in [-0.05, 0) is 56.8 Å². The minimum atomic E-state index is 0.0425. The molecule has 1 spiro atoms. The number of halogens is 1. The summed E-state index contributed by atoms with van der Waals surface area (Å²) in [5.74, 6) is 1.79. The molecule has 2 aliphatic heterocycles. The van der Waals surface area contributed by atoms with E-state index in [1.807, 2.05) is 0 Å². The molecule has 0 amide bonds. The first-order chi connectivity index (χ1) is 9.60. The molecule has 1 aromatic carbocycles. The van der Waals surface area contributed by atoms with Crippen molar-refractivity contribution in [2.75, 3.05) is 19.8 Å². The fourth-order valence-electron chi connectivity index (χ4n) is 3.28. The van der Waals surface area contributed by atoms with Crippen molar-refractivity contribution in [2.45, 2.75) is 38.1 Å². The highest BCUT2D eigenvalue weighted by Gasteiger charge is 2.46. The number of hydrogen-bond acceptors (Lipinski definition) is 3. The second-order valence-electron chi connectivity index (χ2n) is 6.72. The molecule has 0 bridgehead atoms. The van der Waals surface area contributed by atoms with E-state index in [9.17, 15) is 0 Å². The smallest absolute Gasteiger partial charge is 0.162 e. The third-order valence-corrected chi connectivity index (χ3v) is 5.68. The highest BCUT2D eigenvalue weighted by atomic mass is 79.9. The van der Waals surface area contributed by atoms with Gasteiger partial charge in [0.2, 0.25) is 0 Å². The van der Waals surface area contributed by atoms with Crippen LogP contribution in [0.15, 0.2) is 16.6 Å². The van der Waals surface area contributed by atoms with Crippen molar-refractivity contribution < 1.29 is 9.47 Å². The molecule has 108 valence electrons. The van der Waals surface area contributed by atoms with Gasteiger partial charge in [0.15, 0.2) is 11.5 Å². The maximum absolute atomic E-state index is 6.05. The van der Waals surface area contributed by atoms with Gasteiger partial charge in [0, 0.05) is 15.4 Å². The number of hydrogen-bond donors (Lipinski definition) is 1. The zero-order valence-electron chi connectivity index (χ0n) is 11.8. The van der Waals surface area contributed by atoms with Gasteiger partial charge in [-0.3, -0.25) is 0 Å². The SMILES string of the molecule is CC1(c2cc3c(cc2Br)OCC2(CC2)CO3)CCCN1. The van der Waals surface area contributed by atoms with Crippen LogP contribution in [0.1, 0.15) is 38.2 Å². The fourth-order valence-corrected chi connectivity index (χ4v) is 4.04. The van der Waals surface area contributed by atoms with Crippen molar-refractivity contribution in [3.8, 4) is 11.5 Å². The van der Waals surface area contributed by atoms with E-state index in [1.165, 1.54) is 24.8 Å². The van der Waals surface area contributed by atoms with Crippen LogP contribution in [0.5, 0.6) is 11.5 Å². The maximum atomic E-state index is 6.05. The summed E-state index contributed by atoms with van der Waals surface area (Å²) in [4.78, 5) is 0. The molecule has 2 heterocycles.